The van der Waals surface area contributed by atoms with E-state index in [1.165, 1.54) is 0 Å². The zero-order valence-electron chi connectivity index (χ0n) is 9.27. The lowest BCUT2D eigenvalue weighted by atomic mass is 10.0. The first-order chi connectivity index (χ1) is 8.09. The van der Waals surface area contributed by atoms with Crippen LogP contribution in [0.3, 0.4) is 0 Å². The summed E-state index contributed by atoms with van der Waals surface area (Å²) in [5.74, 6) is -0.0743. The van der Waals surface area contributed by atoms with Crippen LogP contribution in [0.4, 0.5) is 5.69 Å². The maximum absolute atomic E-state index is 12.3. The molecule has 2 N–H and O–H groups in total. The van der Waals surface area contributed by atoms with Crippen LogP contribution >= 0.6 is 15.9 Å². The average Bonchev–Trinajstić information content (AvgIpc) is 2.32. The molecule has 1 aromatic heterocycles. The van der Waals surface area contributed by atoms with Crippen molar-refractivity contribution in [2.45, 2.75) is 6.92 Å². The summed E-state index contributed by atoms with van der Waals surface area (Å²) in [7, 11) is 0. The van der Waals surface area contributed by atoms with E-state index in [9.17, 15) is 4.79 Å². The van der Waals surface area contributed by atoms with Gasteiger partial charge in [-0.1, -0.05) is 15.9 Å². The maximum atomic E-state index is 12.3. The third-order valence-corrected chi connectivity index (χ3v) is 3.21. The summed E-state index contributed by atoms with van der Waals surface area (Å²) in [4.78, 5) is 16.3. The van der Waals surface area contributed by atoms with Gasteiger partial charge in [-0.05, 0) is 36.8 Å². The zero-order valence-corrected chi connectivity index (χ0v) is 10.9. The normalized spacial score (nSPS) is 10.2. The third-order valence-electron chi connectivity index (χ3n) is 2.52. The Kier molecular flexibility index (Phi) is 3.24. The number of hydrogen-bond donors (Lipinski definition) is 1. The number of nitrogens with zero attached hydrogens (tertiary/aromatic N) is 1. The molecule has 0 amide bonds. The second-order valence-corrected chi connectivity index (χ2v) is 4.61. The number of rotatable bonds is 2. The van der Waals surface area contributed by atoms with E-state index in [0.29, 0.717) is 16.8 Å². The fourth-order valence-electron chi connectivity index (χ4n) is 1.56. The predicted octanol–water partition coefficient (Wildman–Crippen LogP) is 2.97. The van der Waals surface area contributed by atoms with Gasteiger partial charge < -0.3 is 5.73 Å². The third kappa shape index (κ3) is 2.36. The van der Waals surface area contributed by atoms with Gasteiger partial charge in [0.1, 0.15) is 0 Å². The fourth-order valence-corrected chi connectivity index (χ4v) is 1.99. The average molecular weight is 291 g/mol. The highest BCUT2D eigenvalue weighted by molar-refractivity contribution is 9.10. The highest BCUT2D eigenvalue weighted by atomic mass is 79.9. The van der Waals surface area contributed by atoms with E-state index in [0.717, 1.165) is 10.0 Å². The molecule has 1 heterocycles. The van der Waals surface area contributed by atoms with Gasteiger partial charge in [-0.3, -0.25) is 9.78 Å². The van der Waals surface area contributed by atoms with Crippen molar-refractivity contribution in [3.63, 3.8) is 0 Å². The predicted molar refractivity (Wildman–Crippen MR) is 71.0 cm³/mol. The molecule has 0 radical (unpaired) electrons. The zero-order chi connectivity index (χ0) is 12.4. The summed E-state index contributed by atoms with van der Waals surface area (Å²) in [6.45, 7) is 1.88. The molecular weight excluding hydrogens is 280 g/mol. The molecule has 0 atom stereocenters. The van der Waals surface area contributed by atoms with Crippen LogP contribution in [-0.4, -0.2) is 10.8 Å². The van der Waals surface area contributed by atoms with Crippen molar-refractivity contribution in [1.29, 1.82) is 0 Å². The van der Waals surface area contributed by atoms with Gasteiger partial charge in [0.2, 0.25) is 0 Å². The van der Waals surface area contributed by atoms with Crippen LogP contribution in [-0.2, 0) is 0 Å². The van der Waals surface area contributed by atoms with E-state index in [2.05, 4.69) is 20.9 Å². The number of carbonyl (C=O) groups is 1. The second-order valence-electron chi connectivity index (χ2n) is 3.76. The summed E-state index contributed by atoms with van der Waals surface area (Å²) in [5.41, 5.74) is 8.32. The first kappa shape index (κ1) is 11.8. The van der Waals surface area contributed by atoms with Crippen LogP contribution in [0.5, 0.6) is 0 Å². The summed E-state index contributed by atoms with van der Waals surface area (Å²) < 4.78 is 0.736. The van der Waals surface area contributed by atoms with Gasteiger partial charge in [-0.15, -0.1) is 0 Å². The molecule has 17 heavy (non-hydrogen) atoms. The van der Waals surface area contributed by atoms with Crippen molar-refractivity contribution >= 4 is 27.4 Å². The Morgan fingerprint density at radius 3 is 2.76 bits per heavy atom. The van der Waals surface area contributed by atoms with Gasteiger partial charge in [-0.2, -0.15) is 0 Å². The minimum Gasteiger partial charge on any atom is -0.399 e. The van der Waals surface area contributed by atoms with Gasteiger partial charge >= 0.3 is 0 Å². The molecule has 0 spiro atoms. The number of carbonyl (C=O) groups excluding carboxylic acids is 1. The van der Waals surface area contributed by atoms with Crippen molar-refractivity contribution < 1.29 is 4.79 Å². The highest BCUT2D eigenvalue weighted by Gasteiger charge is 2.14. The van der Waals surface area contributed by atoms with Crippen molar-refractivity contribution in [3.05, 3.63) is 57.8 Å². The molecule has 0 aliphatic heterocycles. The molecule has 0 aliphatic carbocycles. The van der Waals surface area contributed by atoms with Crippen LogP contribution < -0.4 is 5.73 Å². The minimum absolute atomic E-state index is 0.0743. The van der Waals surface area contributed by atoms with E-state index < -0.39 is 0 Å². The summed E-state index contributed by atoms with van der Waals surface area (Å²) in [6.07, 6.45) is 3.24. The van der Waals surface area contributed by atoms with Crippen LogP contribution in [0.25, 0.3) is 0 Å². The molecule has 3 nitrogen and oxygen atoms in total. The van der Waals surface area contributed by atoms with Crippen LogP contribution in [0.2, 0.25) is 0 Å². The topological polar surface area (TPSA) is 56.0 Å². The number of ketones is 1. The number of benzene rings is 1. The molecule has 1 aromatic carbocycles. The highest BCUT2D eigenvalue weighted by Crippen LogP contribution is 2.23. The number of aromatic nitrogens is 1. The van der Waals surface area contributed by atoms with Gasteiger partial charge in [0, 0.05) is 33.7 Å². The first-order valence-corrected chi connectivity index (χ1v) is 5.89. The first-order valence-electron chi connectivity index (χ1n) is 5.10. The van der Waals surface area contributed by atoms with E-state index in [1.54, 1.807) is 30.6 Å². The van der Waals surface area contributed by atoms with Crippen LogP contribution in [0.1, 0.15) is 21.5 Å². The Morgan fingerprint density at radius 1 is 1.29 bits per heavy atom. The Balaban J connectivity index is 2.51. The molecule has 0 fully saturated rings. The standard InChI is InChI=1S/C13H11BrN2O/c1-8-4-5-16-7-11(8)13(17)10-6-9(15)2-3-12(10)14/h2-7H,15H2,1H3. The molecule has 0 aliphatic rings. The Bertz CT molecular complexity index is 581. The van der Waals surface area contributed by atoms with E-state index >= 15 is 0 Å². The van der Waals surface area contributed by atoms with Gasteiger partial charge in [0.25, 0.3) is 0 Å². The van der Waals surface area contributed by atoms with Crippen molar-refractivity contribution in [3.8, 4) is 0 Å². The van der Waals surface area contributed by atoms with Crippen LogP contribution in [0.15, 0.2) is 41.1 Å². The minimum atomic E-state index is -0.0743. The molecule has 4 heteroatoms. The van der Waals surface area contributed by atoms with Crippen molar-refractivity contribution in [2.24, 2.45) is 0 Å². The molecule has 86 valence electrons. The molecular formula is C13H11BrN2O. The number of pyridine rings is 1. The Morgan fingerprint density at radius 2 is 2.06 bits per heavy atom. The maximum Gasteiger partial charge on any atom is 0.196 e. The number of nitrogen functional groups attached to an aromatic ring is 1. The van der Waals surface area contributed by atoms with E-state index in [4.69, 9.17) is 5.73 Å². The molecule has 2 rings (SSSR count). The van der Waals surface area contributed by atoms with Crippen molar-refractivity contribution in [2.75, 3.05) is 5.73 Å². The Hall–Kier alpha value is -1.68. The quantitative estimate of drug-likeness (QED) is 0.683. The molecule has 0 bridgehead atoms. The fraction of sp³-hybridized carbons (Fsp3) is 0.0769. The lowest BCUT2D eigenvalue weighted by molar-refractivity contribution is 0.103. The second kappa shape index (κ2) is 4.67. The number of anilines is 1. The summed E-state index contributed by atoms with van der Waals surface area (Å²) >= 11 is 3.36. The van der Waals surface area contributed by atoms with E-state index in [-0.39, 0.29) is 5.78 Å². The molecule has 0 unspecified atom stereocenters. The lowest BCUT2D eigenvalue weighted by Gasteiger charge is -2.06. The van der Waals surface area contributed by atoms with E-state index in [1.807, 2.05) is 13.0 Å². The van der Waals surface area contributed by atoms with Crippen LogP contribution in [0, 0.1) is 6.92 Å². The number of halogens is 1. The van der Waals surface area contributed by atoms with Gasteiger partial charge in [0.05, 0.1) is 0 Å². The van der Waals surface area contributed by atoms with Crippen molar-refractivity contribution in [1.82, 2.24) is 4.98 Å². The van der Waals surface area contributed by atoms with Gasteiger partial charge in [-0.25, -0.2) is 0 Å². The Labute approximate surface area is 108 Å². The SMILES string of the molecule is Cc1ccncc1C(=O)c1cc(N)ccc1Br. The number of nitrogens with two attached hydrogens (primary N) is 1. The monoisotopic (exact) mass is 290 g/mol. The molecule has 0 saturated carbocycles. The number of aryl methyl sites for hydroxylation is 1. The number of hydrogen-bond acceptors (Lipinski definition) is 3. The van der Waals surface area contributed by atoms with Gasteiger partial charge in [0.15, 0.2) is 5.78 Å². The smallest absolute Gasteiger partial charge is 0.196 e. The molecule has 0 saturated heterocycles. The lowest BCUT2D eigenvalue weighted by Crippen LogP contribution is -2.05. The molecule has 2 aromatic rings. The summed E-state index contributed by atoms with van der Waals surface area (Å²) in [6, 6.07) is 7.00. The largest absolute Gasteiger partial charge is 0.399 e. The summed E-state index contributed by atoms with van der Waals surface area (Å²) in [5, 5.41) is 0.